The van der Waals surface area contributed by atoms with Crippen molar-refractivity contribution >= 4 is 5.97 Å². The summed E-state index contributed by atoms with van der Waals surface area (Å²) in [4.78, 5) is 10.4. The number of carbonyl (C=O) groups is 1. The second-order valence-electron chi connectivity index (χ2n) is 5.88. The molecule has 2 fully saturated rings. The molecule has 0 spiro atoms. The van der Waals surface area contributed by atoms with E-state index in [2.05, 4.69) is 0 Å². The van der Waals surface area contributed by atoms with Gasteiger partial charge in [-0.3, -0.25) is 4.79 Å². The van der Waals surface area contributed by atoms with E-state index in [0.717, 1.165) is 19.3 Å². The summed E-state index contributed by atoms with van der Waals surface area (Å²) < 4.78 is 5.76. The van der Waals surface area contributed by atoms with Crippen LogP contribution in [0.25, 0.3) is 0 Å². The maximum atomic E-state index is 10.4. The van der Waals surface area contributed by atoms with Gasteiger partial charge in [-0.25, -0.2) is 0 Å². The van der Waals surface area contributed by atoms with Crippen molar-refractivity contribution in [3.05, 3.63) is 12.2 Å². The molecule has 0 aliphatic heterocycles. The van der Waals surface area contributed by atoms with Gasteiger partial charge in [0.25, 0.3) is 0 Å². The fraction of sp³-hybridized carbons (Fsp3) is 0.800. The second-order valence-corrected chi connectivity index (χ2v) is 5.88. The van der Waals surface area contributed by atoms with Gasteiger partial charge in [-0.15, -0.1) is 0 Å². The number of rotatable bonds is 7. The third-order valence-corrected chi connectivity index (χ3v) is 4.54. The van der Waals surface area contributed by atoms with E-state index in [9.17, 15) is 9.90 Å². The second kappa shape index (κ2) is 7.20. The van der Waals surface area contributed by atoms with Crippen LogP contribution in [0.1, 0.15) is 32.1 Å². The average Bonchev–Trinajstić information content (AvgIpc) is 2.89. The Kier molecular flexibility index (Phi) is 5.57. The zero-order chi connectivity index (χ0) is 14.5. The minimum Gasteiger partial charge on any atom is -0.481 e. The molecular weight excluding hydrogens is 260 g/mol. The molecule has 2 rings (SSSR count). The number of fused-ring (bicyclic) bond motifs is 1. The third-order valence-electron chi connectivity index (χ3n) is 4.54. The molecule has 0 amide bonds. The van der Waals surface area contributed by atoms with Gasteiger partial charge in [0.1, 0.15) is 0 Å². The van der Waals surface area contributed by atoms with Gasteiger partial charge in [0, 0.05) is 18.9 Å². The fourth-order valence-electron chi connectivity index (χ4n) is 3.70. The highest BCUT2D eigenvalue weighted by atomic mass is 16.5. The lowest BCUT2D eigenvalue weighted by atomic mass is 9.91. The molecule has 5 heteroatoms. The molecule has 0 aromatic carbocycles. The van der Waals surface area contributed by atoms with Crippen LogP contribution < -0.4 is 0 Å². The summed E-state index contributed by atoms with van der Waals surface area (Å²) in [5.41, 5.74) is 0. The minimum atomic E-state index is -0.783. The maximum Gasteiger partial charge on any atom is 0.303 e. The zero-order valence-corrected chi connectivity index (χ0v) is 11.6. The summed E-state index contributed by atoms with van der Waals surface area (Å²) in [6, 6.07) is 0. The average molecular weight is 284 g/mol. The first kappa shape index (κ1) is 15.5. The van der Waals surface area contributed by atoms with Gasteiger partial charge in [-0.05, 0) is 37.5 Å². The van der Waals surface area contributed by atoms with Crippen molar-refractivity contribution in [2.24, 2.45) is 17.8 Å². The molecule has 3 N–H and O–H groups in total. The topological polar surface area (TPSA) is 87.0 Å². The van der Waals surface area contributed by atoms with E-state index in [-0.39, 0.29) is 31.2 Å². The number of aliphatic carboxylic acids is 1. The lowest BCUT2D eigenvalue weighted by Crippen LogP contribution is -2.19. The summed E-state index contributed by atoms with van der Waals surface area (Å²) in [5.74, 6) is 0.258. The van der Waals surface area contributed by atoms with E-state index >= 15 is 0 Å². The van der Waals surface area contributed by atoms with Crippen molar-refractivity contribution in [1.29, 1.82) is 0 Å². The smallest absolute Gasteiger partial charge is 0.303 e. The SMILES string of the molecule is O=C(O)CCCOC1C[C@H]2C[C@@H](O)[C@H](C=CCO)[C@@H]2C1. The van der Waals surface area contributed by atoms with Crippen LogP contribution in [0.5, 0.6) is 0 Å². The van der Waals surface area contributed by atoms with Crippen molar-refractivity contribution in [3.63, 3.8) is 0 Å². The lowest BCUT2D eigenvalue weighted by molar-refractivity contribution is -0.137. The standard InChI is InChI=1S/C15H24O5/c16-5-1-3-12-13-9-11(7-10(13)8-14(12)17)20-6-2-4-15(18)19/h1,3,10-14,16-17H,2,4-9H2,(H,18,19)/t10-,11?,12+,13+,14+/m0/s1. The minimum absolute atomic E-state index is 0.00965. The Bertz CT molecular complexity index is 354. The van der Waals surface area contributed by atoms with E-state index < -0.39 is 5.97 Å². The van der Waals surface area contributed by atoms with Crippen LogP contribution >= 0.6 is 0 Å². The first-order valence-electron chi connectivity index (χ1n) is 7.40. The highest BCUT2D eigenvalue weighted by Crippen LogP contribution is 2.49. The molecule has 5 nitrogen and oxygen atoms in total. The number of carboxylic acid groups (broad SMARTS) is 1. The van der Waals surface area contributed by atoms with Gasteiger partial charge >= 0.3 is 5.97 Å². The molecular formula is C15H24O5. The molecule has 2 aliphatic rings. The summed E-state index contributed by atoms with van der Waals surface area (Å²) >= 11 is 0. The molecule has 0 radical (unpaired) electrons. The normalized spacial score (nSPS) is 36.6. The van der Waals surface area contributed by atoms with Crippen LogP contribution in [0.15, 0.2) is 12.2 Å². The summed E-state index contributed by atoms with van der Waals surface area (Å²) in [5, 5.41) is 27.5. The highest BCUT2D eigenvalue weighted by molar-refractivity contribution is 5.66. The van der Waals surface area contributed by atoms with Gasteiger partial charge in [0.05, 0.1) is 18.8 Å². The summed E-state index contributed by atoms with van der Waals surface area (Å²) in [6.45, 7) is 0.506. The molecule has 2 aliphatic carbocycles. The Morgan fingerprint density at radius 2 is 2.10 bits per heavy atom. The largest absolute Gasteiger partial charge is 0.481 e. The molecule has 2 saturated carbocycles. The molecule has 0 aromatic rings. The Balaban J connectivity index is 1.77. The van der Waals surface area contributed by atoms with E-state index in [0.29, 0.717) is 24.9 Å². The van der Waals surface area contributed by atoms with Gasteiger partial charge in [-0.2, -0.15) is 0 Å². The van der Waals surface area contributed by atoms with E-state index in [1.165, 1.54) is 0 Å². The van der Waals surface area contributed by atoms with Gasteiger partial charge in [-0.1, -0.05) is 12.2 Å². The number of ether oxygens (including phenoxy) is 1. The maximum absolute atomic E-state index is 10.4. The van der Waals surface area contributed by atoms with Crippen LogP contribution in [0.3, 0.4) is 0 Å². The van der Waals surface area contributed by atoms with Crippen molar-refractivity contribution in [1.82, 2.24) is 0 Å². The van der Waals surface area contributed by atoms with Crippen LogP contribution in [-0.2, 0) is 9.53 Å². The van der Waals surface area contributed by atoms with Gasteiger partial charge < -0.3 is 20.1 Å². The van der Waals surface area contributed by atoms with Crippen molar-refractivity contribution < 1.29 is 24.9 Å². The van der Waals surface area contributed by atoms with Gasteiger partial charge in [0.2, 0.25) is 0 Å². The quantitative estimate of drug-likeness (QED) is 0.483. The number of hydrogen-bond acceptors (Lipinski definition) is 4. The number of aliphatic hydroxyl groups is 2. The van der Waals surface area contributed by atoms with Crippen molar-refractivity contribution in [2.45, 2.75) is 44.3 Å². The van der Waals surface area contributed by atoms with E-state index in [4.69, 9.17) is 14.9 Å². The van der Waals surface area contributed by atoms with E-state index in [1.54, 1.807) is 6.08 Å². The van der Waals surface area contributed by atoms with Crippen LogP contribution in [0.4, 0.5) is 0 Å². The third kappa shape index (κ3) is 3.81. The number of aliphatic hydroxyl groups excluding tert-OH is 2. The van der Waals surface area contributed by atoms with E-state index in [1.807, 2.05) is 6.08 Å². The first-order chi connectivity index (χ1) is 9.61. The van der Waals surface area contributed by atoms with Crippen LogP contribution in [-0.4, -0.2) is 46.7 Å². The molecule has 0 saturated heterocycles. The number of carboxylic acids is 1. The molecule has 0 bridgehead atoms. The molecule has 1 unspecified atom stereocenters. The predicted molar refractivity (Wildman–Crippen MR) is 73.2 cm³/mol. The van der Waals surface area contributed by atoms with Crippen LogP contribution in [0, 0.1) is 17.8 Å². The molecule has 114 valence electrons. The summed E-state index contributed by atoms with van der Waals surface area (Å²) in [7, 11) is 0. The fourth-order valence-corrected chi connectivity index (χ4v) is 3.70. The molecule has 0 heterocycles. The Hall–Kier alpha value is -0.910. The molecule has 0 aromatic heterocycles. The highest BCUT2D eigenvalue weighted by Gasteiger charge is 2.47. The van der Waals surface area contributed by atoms with Crippen LogP contribution in [0.2, 0.25) is 0 Å². The molecule has 20 heavy (non-hydrogen) atoms. The lowest BCUT2D eigenvalue weighted by Gasteiger charge is -2.18. The number of hydrogen-bond donors (Lipinski definition) is 3. The Labute approximate surface area is 119 Å². The van der Waals surface area contributed by atoms with Gasteiger partial charge in [0.15, 0.2) is 0 Å². The zero-order valence-electron chi connectivity index (χ0n) is 11.6. The van der Waals surface area contributed by atoms with Crippen molar-refractivity contribution in [3.8, 4) is 0 Å². The Morgan fingerprint density at radius 3 is 2.80 bits per heavy atom. The predicted octanol–water partition coefficient (Wildman–Crippen LogP) is 1.19. The molecule has 5 atom stereocenters. The summed E-state index contributed by atoms with van der Waals surface area (Å²) in [6.07, 6.45) is 6.92. The first-order valence-corrected chi connectivity index (χ1v) is 7.40. The van der Waals surface area contributed by atoms with Crippen molar-refractivity contribution in [2.75, 3.05) is 13.2 Å². The Morgan fingerprint density at radius 1 is 1.30 bits per heavy atom. The monoisotopic (exact) mass is 284 g/mol.